The van der Waals surface area contributed by atoms with E-state index in [4.69, 9.17) is 44.3 Å². The van der Waals surface area contributed by atoms with E-state index in [1.54, 1.807) is 30.3 Å². The monoisotopic (exact) mass is 459 g/mol. The SMILES string of the molecule is CCOc1cc(CNC(C(=O)O)C(C)C)c(Cl)cc1OCc1ccc(Cl)cc1Cl. The van der Waals surface area contributed by atoms with Crippen molar-refractivity contribution in [1.29, 1.82) is 0 Å². The van der Waals surface area contributed by atoms with Gasteiger partial charge >= 0.3 is 5.97 Å². The summed E-state index contributed by atoms with van der Waals surface area (Å²) < 4.78 is 11.6. The second-order valence-electron chi connectivity index (χ2n) is 6.79. The first kappa shape index (κ1) is 23.6. The predicted molar refractivity (Wildman–Crippen MR) is 117 cm³/mol. The van der Waals surface area contributed by atoms with Crippen LogP contribution in [0.2, 0.25) is 15.1 Å². The maximum atomic E-state index is 11.4. The van der Waals surface area contributed by atoms with Gasteiger partial charge in [0, 0.05) is 33.2 Å². The van der Waals surface area contributed by atoms with Crippen LogP contribution in [0.5, 0.6) is 11.5 Å². The molecule has 0 aliphatic rings. The molecule has 1 atom stereocenters. The van der Waals surface area contributed by atoms with Gasteiger partial charge in [0.15, 0.2) is 11.5 Å². The Morgan fingerprint density at radius 2 is 1.69 bits per heavy atom. The minimum Gasteiger partial charge on any atom is -0.490 e. The lowest BCUT2D eigenvalue weighted by molar-refractivity contribution is -0.140. The molecule has 1 unspecified atom stereocenters. The van der Waals surface area contributed by atoms with Gasteiger partial charge < -0.3 is 19.9 Å². The number of rotatable bonds is 10. The third-order valence-electron chi connectivity index (χ3n) is 4.26. The number of aliphatic carboxylic acids is 1. The normalized spacial score (nSPS) is 12.1. The zero-order valence-electron chi connectivity index (χ0n) is 16.5. The van der Waals surface area contributed by atoms with E-state index < -0.39 is 12.0 Å². The molecular weight excluding hydrogens is 437 g/mol. The van der Waals surface area contributed by atoms with Gasteiger partial charge in [-0.25, -0.2) is 0 Å². The molecule has 0 saturated heterocycles. The van der Waals surface area contributed by atoms with Gasteiger partial charge in [-0.15, -0.1) is 0 Å². The fourth-order valence-electron chi connectivity index (χ4n) is 2.72. The molecule has 0 amide bonds. The van der Waals surface area contributed by atoms with Gasteiger partial charge in [-0.05, 0) is 36.6 Å². The highest BCUT2D eigenvalue weighted by Gasteiger charge is 2.21. The van der Waals surface area contributed by atoms with Gasteiger partial charge in [0.05, 0.1) is 6.61 Å². The quantitative estimate of drug-likeness (QED) is 0.467. The highest BCUT2D eigenvalue weighted by atomic mass is 35.5. The molecule has 0 radical (unpaired) electrons. The van der Waals surface area contributed by atoms with Crippen LogP contribution in [0, 0.1) is 5.92 Å². The van der Waals surface area contributed by atoms with Crippen molar-refractivity contribution < 1.29 is 19.4 Å². The maximum Gasteiger partial charge on any atom is 0.320 e. The van der Waals surface area contributed by atoms with Crippen LogP contribution < -0.4 is 14.8 Å². The van der Waals surface area contributed by atoms with Gasteiger partial charge in [-0.3, -0.25) is 4.79 Å². The second kappa shape index (κ2) is 10.9. The molecule has 0 spiro atoms. The number of carboxylic acids is 1. The number of halogens is 3. The Morgan fingerprint density at radius 1 is 1.03 bits per heavy atom. The largest absolute Gasteiger partial charge is 0.490 e. The molecular formula is C21H24Cl3NO4. The standard InChI is InChI=1S/C21H24Cl3NO4/c1-4-28-18-7-14(10-25-20(12(2)3)21(26)27)17(24)9-19(18)29-11-13-5-6-15(22)8-16(13)23/h5-9,12,20,25H,4,10-11H2,1-3H3,(H,26,27). The summed E-state index contributed by atoms with van der Waals surface area (Å²) in [5.74, 6) is 0.0331. The molecule has 158 valence electrons. The van der Waals surface area contributed by atoms with E-state index in [0.29, 0.717) is 33.2 Å². The Bertz CT molecular complexity index is 858. The summed E-state index contributed by atoms with van der Waals surface area (Å²) in [6.45, 7) is 6.51. The Kier molecular flexibility index (Phi) is 8.90. The molecule has 0 heterocycles. The number of hydrogen-bond acceptors (Lipinski definition) is 4. The molecule has 0 aliphatic carbocycles. The summed E-state index contributed by atoms with van der Waals surface area (Å²) in [6.07, 6.45) is 0. The molecule has 0 bridgehead atoms. The van der Waals surface area contributed by atoms with Crippen molar-refractivity contribution in [3.05, 3.63) is 56.5 Å². The number of ether oxygens (including phenoxy) is 2. The summed E-state index contributed by atoms with van der Waals surface area (Å²) in [4.78, 5) is 11.4. The average molecular weight is 461 g/mol. The van der Waals surface area contributed by atoms with Crippen molar-refractivity contribution in [2.75, 3.05) is 6.61 Å². The molecule has 2 aromatic carbocycles. The van der Waals surface area contributed by atoms with E-state index in [1.165, 1.54) is 0 Å². The van der Waals surface area contributed by atoms with Crippen LogP contribution in [0.4, 0.5) is 0 Å². The molecule has 0 aromatic heterocycles. The summed E-state index contributed by atoms with van der Waals surface area (Å²) in [7, 11) is 0. The number of nitrogens with one attached hydrogen (secondary N) is 1. The van der Waals surface area contributed by atoms with Gasteiger partial charge in [0.25, 0.3) is 0 Å². The van der Waals surface area contributed by atoms with Crippen LogP contribution >= 0.6 is 34.8 Å². The van der Waals surface area contributed by atoms with Crippen molar-refractivity contribution >= 4 is 40.8 Å². The van der Waals surface area contributed by atoms with Gasteiger partial charge in [0.2, 0.25) is 0 Å². The lowest BCUT2D eigenvalue weighted by Gasteiger charge is -2.19. The van der Waals surface area contributed by atoms with E-state index in [2.05, 4.69) is 5.32 Å². The Balaban J connectivity index is 2.19. The van der Waals surface area contributed by atoms with Crippen LogP contribution in [0.1, 0.15) is 31.9 Å². The zero-order chi connectivity index (χ0) is 21.6. The average Bonchev–Trinajstić information content (AvgIpc) is 2.63. The fraction of sp³-hybridized carbons (Fsp3) is 0.381. The first-order valence-corrected chi connectivity index (χ1v) is 10.3. The molecule has 0 fully saturated rings. The van der Waals surface area contributed by atoms with Crippen LogP contribution in [-0.4, -0.2) is 23.7 Å². The summed E-state index contributed by atoms with van der Waals surface area (Å²) in [6, 6.07) is 7.94. The third kappa shape index (κ3) is 6.68. The van der Waals surface area contributed by atoms with Crippen molar-refractivity contribution in [1.82, 2.24) is 5.32 Å². The van der Waals surface area contributed by atoms with Crippen LogP contribution in [0.25, 0.3) is 0 Å². The molecule has 5 nitrogen and oxygen atoms in total. The minimum absolute atomic E-state index is 0.0654. The Morgan fingerprint density at radius 3 is 2.28 bits per heavy atom. The first-order chi connectivity index (χ1) is 13.7. The number of benzene rings is 2. The highest BCUT2D eigenvalue weighted by Crippen LogP contribution is 2.35. The number of carboxylic acid groups (broad SMARTS) is 1. The molecule has 0 aliphatic heterocycles. The molecule has 0 saturated carbocycles. The second-order valence-corrected chi connectivity index (χ2v) is 8.04. The third-order valence-corrected chi connectivity index (χ3v) is 5.19. The molecule has 2 aromatic rings. The van der Waals surface area contributed by atoms with Crippen molar-refractivity contribution in [2.45, 2.75) is 40.0 Å². The van der Waals surface area contributed by atoms with Crippen LogP contribution in [0.3, 0.4) is 0 Å². The highest BCUT2D eigenvalue weighted by molar-refractivity contribution is 6.35. The Hall–Kier alpha value is -1.66. The van der Waals surface area contributed by atoms with Gasteiger partial charge in [0.1, 0.15) is 12.6 Å². The van der Waals surface area contributed by atoms with Crippen LogP contribution in [-0.2, 0) is 17.9 Å². The molecule has 29 heavy (non-hydrogen) atoms. The lowest BCUT2D eigenvalue weighted by atomic mass is 10.0. The number of carbonyl (C=O) groups is 1. The van der Waals surface area contributed by atoms with E-state index in [0.717, 1.165) is 11.1 Å². The van der Waals surface area contributed by atoms with E-state index in [1.807, 2.05) is 20.8 Å². The zero-order valence-corrected chi connectivity index (χ0v) is 18.7. The molecule has 2 rings (SSSR count). The smallest absolute Gasteiger partial charge is 0.320 e. The van der Waals surface area contributed by atoms with Gasteiger partial charge in [-0.2, -0.15) is 0 Å². The summed E-state index contributed by atoms with van der Waals surface area (Å²) in [5, 5.41) is 13.9. The van der Waals surface area contributed by atoms with E-state index in [9.17, 15) is 9.90 Å². The summed E-state index contributed by atoms with van der Waals surface area (Å²) >= 11 is 18.5. The lowest BCUT2D eigenvalue weighted by Crippen LogP contribution is -2.40. The van der Waals surface area contributed by atoms with Crippen molar-refractivity contribution in [3.8, 4) is 11.5 Å². The maximum absolute atomic E-state index is 11.4. The number of hydrogen-bond donors (Lipinski definition) is 2. The molecule has 2 N–H and O–H groups in total. The Labute approximate surface area is 185 Å². The van der Waals surface area contributed by atoms with E-state index in [-0.39, 0.29) is 19.1 Å². The van der Waals surface area contributed by atoms with Crippen LogP contribution in [0.15, 0.2) is 30.3 Å². The fourth-order valence-corrected chi connectivity index (χ4v) is 3.40. The summed E-state index contributed by atoms with van der Waals surface area (Å²) in [5.41, 5.74) is 1.50. The van der Waals surface area contributed by atoms with Crippen molar-refractivity contribution in [2.24, 2.45) is 5.92 Å². The van der Waals surface area contributed by atoms with E-state index >= 15 is 0 Å². The van der Waals surface area contributed by atoms with Crippen molar-refractivity contribution in [3.63, 3.8) is 0 Å². The molecule has 8 heteroatoms. The first-order valence-electron chi connectivity index (χ1n) is 9.21. The topological polar surface area (TPSA) is 67.8 Å². The minimum atomic E-state index is -0.902. The predicted octanol–water partition coefficient (Wildman–Crippen LogP) is 5.82. The van der Waals surface area contributed by atoms with Gasteiger partial charge in [-0.1, -0.05) is 54.7 Å².